The number of carboxylic acid groups (broad SMARTS) is 1. The molecule has 0 atom stereocenters. The van der Waals surface area contributed by atoms with Crippen molar-refractivity contribution >= 4 is 5.97 Å². The van der Waals surface area contributed by atoms with Gasteiger partial charge in [0.2, 0.25) is 0 Å². The Kier molecular flexibility index (Phi) is 6.44. The third-order valence-corrected chi connectivity index (χ3v) is 1.89. The second-order valence-electron chi connectivity index (χ2n) is 2.97. The van der Waals surface area contributed by atoms with Crippen LogP contribution in [-0.4, -0.2) is 11.1 Å². The van der Waals surface area contributed by atoms with Gasteiger partial charge in [-0.2, -0.15) is 0 Å². The van der Waals surface area contributed by atoms with Crippen molar-refractivity contribution in [3.8, 4) is 0 Å². The van der Waals surface area contributed by atoms with Gasteiger partial charge in [-0.15, -0.1) is 0 Å². The first kappa shape index (κ1) is 11.2. The number of hydrogen-bond donors (Lipinski definition) is 1. The Hall–Kier alpha value is -0.790. The molecule has 0 saturated heterocycles. The topological polar surface area (TPSA) is 37.3 Å². The van der Waals surface area contributed by atoms with Crippen LogP contribution in [-0.2, 0) is 4.79 Å². The lowest BCUT2D eigenvalue weighted by Crippen LogP contribution is -1.97. The van der Waals surface area contributed by atoms with E-state index in [1.54, 1.807) is 0 Å². The summed E-state index contributed by atoms with van der Waals surface area (Å²) in [5, 5.41) is 8.53. The zero-order chi connectivity index (χ0) is 9.40. The maximum Gasteiger partial charge on any atom is 0.307 e. The molecule has 0 aliphatic heterocycles. The lowest BCUT2D eigenvalue weighted by molar-refractivity contribution is -0.136. The van der Waals surface area contributed by atoms with Crippen LogP contribution < -0.4 is 0 Å². The van der Waals surface area contributed by atoms with E-state index in [4.69, 9.17) is 5.11 Å². The molecule has 0 heterocycles. The van der Waals surface area contributed by atoms with Gasteiger partial charge in [-0.25, -0.2) is 0 Å². The highest BCUT2D eigenvalue weighted by molar-refractivity contribution is 5.69. The molecule has 0 rings (SSSR count). The van der Waals surface area contributed by atoms with E-state index in [0.717, 1.165) is 18.4 Å². The Morgan fingerprint density at radius 1 is 1.42 bits per heavy atom. The van der Waals surface area contributed by atoms with Gasteiger partial charge in [0.25, 0.3) is 0 Å². The summed E-state index contributed by atoms with van der Waals surface area (Å²) in [6, 6.07) is 0. The largest absolute Gasteiger partial charge is 0.481 e. The van der Waals surface area contributed by atoms with Gasteiger partial charge in [0, 0.05) is 0 Å². The summed E-state index contributed by atoms with van der Waals surface area (Å²) < 4.78 is 0. The molecule has 70 valence electrons. The molecule has 0 saturated carbocycles. The lowest BCUT2D eigenvalue weighted by atomic mass is 10.0. The second kappa shape index (κ2) is 6.89. The van der Waals surface area contributed by atoms with E-state index in [2.05, 4.69) is 6.92 Å². The molecule has 0 aromatic carbocycles. The van der Waals surface area contributed by atoms with Crippen LogP contribution in [0, 0.1) is 0 Å². The van der Waals surface area contributed by atoms with Gasteiger partial charge in [0.1, 0.15) is 0 Å². The molecular formula is C10H18O2. The number of unbranched alkanes of at least 4 members (excludes halogenated alkanes) is 2. The third-order valence-electron chi connectivity index (χ3n) is 1.89. The molecule has 0 aliphatic carbocycles. The summed E-state index contributed by atoms with van der Waals surface area (Å²) in [5.74, 6) is -0.723. The molecule has 2 nitrogen and oxygen atoms in total. The molecule has 0 spiro atoms. The van der Waals surface area contributed by atoms with E-state index in [-0.39, 0.29) is 6.42 Å². The van der Waals surface area contributed by atoms with Crippen molar-refractivity contribution in [3.05, 3.63) is 11.6 Å². The van der Waals surface area contributed by atoms with Crippen LogP contribution in [0.25, 0.3) is 0 Å². The summed E-state index contributed by atoms with van der Waals surface area (Å²) in [7, 11) is 0. The summed E-state index contributed by atoms with van der Waals surface area (Å²) in [6.45, 7) is 4.05. The number of aliphatic carboxylic acids is 1. The molecule has 2 heteroatoms. The summed E-state index contributed by atoms with van der Waals surface area (Å²) in [5.41, 5.74) is 1.05. The van der Waals surface area contributed by atoms with Crippen molar-refractivity contribution in [2.75, 3.05) is 0 Å². The minimum absolute atomic E-state index is 0.209. The van der Waals surface area contributed by atoms with Gasteiger partial charge in [-0.05, 0) is 19.8 Å². The predicted molar refractivity (Wildman–Crippen MR) is 50.2 cm³/mol. The summed E-state index contributed by atoms with van der Waals surface area (Å²) in [4.78, 5) is 10.4. The van der Waals surface area contributed by atoms with Crippen LogP contribution in [0.5, 0.6) is 0 Å². The first-order valence-electron chi connectivity index (χ1n) is 4.56. The lowest BCUT2D eigenvalue weighted by Gasteiger charge is -2.02. The third kappa shape index (κ3) is 5.96. The number of carbonyl (C=O) groups is 1. The maximum atomic E-state index is 10.4. The van der Waals surface area contributed by atoms with Crippen LogP contribution in [0.3, 0.4) is 0 Å². The van der Waals surface area contributed by atoms with Crippen molar-refractivity contribution in [3.63, 3.8) is 0 Å². The van der Waals surface area contributed by atoms with Gasteiger partial charge < -0.3 is 5.11 Å². The predicted octanol–water partition coefficient (Wildman–Crippen LogP) is 2.99. The first-order valence-corrected chi connectivity index (χ1v) is 4.56. The summed E-state index contributed by atoms with van der Waals surface area (Å²) in [6.07, 6.45) is 6.56. The quantitative estimate of drug-likeness (QED) is 0.491. The highest BCUT2D eigenvalue weighted by Gasteiger charge is 2.01. The highest BCUT2D eigenvalue weighted by atomic mass is 16.4. The number of hydrogen-bond acceptors (Lipinski definition) is 1. The molecule has 0 bridgehead atoms. The first-order chi connectivity index (χ1) is 5.70. The van der Waals surface area contributed by atoms with E-state index in [1.165, 1.54) is 12.8 Å². The zero-order valence-corrected chi connectivity index (χ0v) is 7.97. The Balaban J connectivity index is 3.62. The van der Waals surface area contributed by atoms with Crippen LogP contribution in [0.2, 0.25) is 0 Å². The van der Waals surface area contributed by atoms with Gasteiger partial charge >= 0.3 is 5.97 Å². The van der Waals surface area contributed by atoms with Gasteiger partial charge in [0.05, 0.1) is 6.42 Å². The summed E-state index contributed by atoms with van der Waals surface area (Å²) >= 11 is 0. The smallest absolute Gasteiger partial charge is 0.307 e. The fraction of sp³-hybridized carbons (Fsp3) is 0.700. The van der Waals surface area contributed by atoms with Gasteiger partial charge in [-0.1, -0.05) is 31.4 Å². The van der Waals surface area contributed by atoms with E-state index in [9.17, 15) is 4.79 Å². The fourth-order valence-corrected chi connectivity index (χ4v) is 1.13. The average molecular weight is 170 g/mol. The SMILES string of the molecule is CC=C(CCCCC)CC(=O)O. The standard InChI is InChI=1S/C10H18O2/c1-3-5-6-7-9(4-2)8-10(11)12/h4H,3,5-8H2,1-2H3,(H,11,12). The van der Waals surface area contributed by atoms with E-state index in [0.29, 0.717) is 0 Å². The Bertz CT molecular complexity index is 159. The Labute approximate surface area is 74.3 Å². The molecular weight excluding hydrogens is 152 g/mol. The number of allylic oxidation sites excluding steroid dienone is 1. The maximum absolute atomic E-state index is 10.4. The second-order valence-corrected chi connectivity index (χ2v) is 2.97. The highest BCUT2D eigenvalue weighted by Crippen LogP contribution is 2.12. The van der Waals surface area contributed by atoms with E-state index < -0.39 is 5.97 Å². The molecule has 0 amide bonds. The van der Waals surface area contributed by atoms with Crippen molar-refractivity contribution in [1.29, 1.82) is 0 Å². The van der Waals surface area contributed by atoms with Crippen molar-refractivity contribution in [2.45, 2.75) is 46.0 Å². The van der Waals surface area contributed by atoms with Crippen LogP contribution in [0.1, 0.15) is 46.0 Å². The number of rotatable bonds is 6. The van der Waals surface area contributed by atoms with Crippen LogP contribution >= 0.6 is 0 Å². The van der Waals surface area contributed by atoms with Crippen LogP contribution in [0.15, 0.2) is 11.6 Å². The van der Waals surface area contributed by atoms with Crippen molar-refractivity contribution in [2.24, 2.45) is 0 Å². The van der Waals surface area contributed by atoms with Crippen molar-refractivity contribution < 1.29 is 9.90 Å². The minimum atomic E-state index is -0.723. The van der Waals surface area contributed by atoms with E-state index in [1.807, 2.05) is 13.0 Å². The molecule has 0 aliphatic rings. The zero-order valence-electron chi connectivity index (χ0n) is 7.97. The molecule has 1 N–H and O–H groups in total. The fourth-order valence-electron chi connectivity index (χ4n) is 1.13. The van der Waals surface area contributed by atoms with Crippen molar-refractivity contribution in [1.82, 2.24) is 0 Å². The molecule has 0 aromatic rings. The Morgan fingerprint density at radius 2 is 2.08 bits per heavy atom. The molecule has 0 unspecified atom stereocenters. The molecule has 0 radical (unpaired) electrons. The monoisotopic (exact) mass is 170 g/mol. The molecule has 12 heavy (non-hydrogen) atoms. The van der Waals surface area contributed by atoms with E-state index >= 15 is 0 Å². The van der Waals surface area contributed by atoms with Crippen LogP contribution in [0.4, 0.5) is 0 Å². The number of carboxylic acids is 1. The average Bonchev–Trinajstić information content (AvgIpc) is 2.02. The molecule has 0 fully saturated rings. The van der Waals surface area contributed by atoms with Gasteiger partial charge in [-0.3, -0.25) is 4.79 Å². The minimum Gasteiger partial charge on any atom is -0.481 e. The molecule has 0 aromatic heterocycles. The van der Waals surface area contributed by atoms with Gasteiger partial charge in [0.15, 0.2) is 0 Å². The Morgan fingerprint density at radius 3 is 2.50 bits per heavy atom. The normalized spacial score (nSPS) is 11.7.